The van der Waals surface area contributed by atoms with Crippen molar-refractivity contribution in [1.82, 2.24) is 20.2 Å². The van der Waals surface area contributed by atoms with E-state index in [4.69, 9.17) is 10.7 Å². The molecule has 11 heteroatoms. The SMILES string of the molecule is C.C=C=C=C=C=C.C=C=C=C=C=C.C=NC.CCCCS(=O)c1sc2nc(-c3nccs3)cc(-c3cccc(C(=O)NCCN(C)C)c3)c2c1N. The molecule has 0 aliphatic rings. The molecule has 3 aromatic heterocycles. The van der Waals surface area contributed by atoms with Gasteiger partial charge in [0.25, 0.3) is 5.91 Å². The number of thiazole rings is 1. The fourth-order valence-corrected chi connectivity index (χ4v) is 7.22. The van der Waals surface area contributed by atoms with Crippen LogP contribution in [-0.2, 0) is 10.8 Å². The number of rotatable bonds is 10. The smallest absolute Gasteiger partial charge is 0.251 e. The number of aromatic nitrogens is 2. The van der Waals surface area contributed by atoms with Crippen LogP contribution in [0.15, 0.2) is 123 Å². The molecule has 0 saturated heterocycles. The number of thiophene rings is 1. The lowest BCUT2D eigenvalue weighted by molar-refractivity contribution is 0.0951. The van der Waals surface area contributed by atoms with E-state index < -0.39 is 10.8 Å². The van der Waals surface area contributed by atoms with Crippen molar-refractivity contribution in [2.24, 2.45) is 4.99 Å². The summed E-state index contributed by atoms with van der Waals surface area (Å²) in [7, 11) is 4.39. The number of anilines is 1. The molecule has 0 saturated carbocycles. The molecule has 0 aliphatic heterocycles. The second-order valence-corrected chi connectivity index (χ2v) is 13.6. The molecular formula is C40H46N6O2S3. The Labute approximate surface area is 313 Å². The van der Waals surface area contributed by atoms with Crippen LogP contribution in [0.25, 0.3) is 32.0 Å². The van der Waals surface area contributed by atoms with Crippen LogP contribution in [0.2, 0.25) is 0 Å². The van der Waals surface area contributed by atoms with Crippen LogP contribution < -0.4 is 11.1 Å². The molecule has 1 amide bonds. The topological polar surface area (TPSA) is 114 Å². The number of aliphatic imine (C=N–C) groups is 1. The van der Waals surface area contributed by atoms with Crippen molar-refractivity contribution in [3.8, 4) is 21.8 Å². The number of fused-ring (bicyclic) bond motifs is 1. The minimum Gasteiger partial charge on any atom is -0.396 e. The molecule has 0 spiro atoms. The summed E-state index contributed by atoms with van der Waals surface area (Å²) in [5, 5.41) is 6.45. The van der Waals surface area contributed by atoms with E-state index in [9.17, 15) is 9.00 Å². The largest absolute Gasteiger partial charge is 0.396 e. The first-order valence-corrected chi connectivity index (χ1v) is 18.1. The highest BCUT2D eigenvalue weighted by Gasteiger charge is 2.22. The summed E-state index contributed by atoms with van der Waals surface area (Å²) >= 11 is 2.89. The molecule has 0 radical (unpaired) electrons. The van der Waals surface area contributed by atoms with Crippen LogP contribution in [0, 0.1) is 0 Å². The fourth-order valence-electron chi connectivity index (χ4n) is 3.82. The number of nitrogens with two attached hydrogens (primary N) is 1. The summed E-state index contributed by atoms with van der Waals surface area (Å²) in [5.74, 6) is 0.448. The van der Waals surface area contributed by atoms with Gasteiger partial charge in [-0.05, 0) is 106 Å². The summed E-state index contributed by atoms with van der Waals surface area (Å²) < 4.78 is 13.7. The van der Waals surface area contributed by atoms with E-state index in [2.05, 4.69) is 101 Å². The monoisotopic (exact) mass is 738 g/mol. The number of unbranched alkanes of at least 4 members (excludes halogenated alkanes) is 1. The molecule has 3 heterocycles. The zero-order chi connectivity index (χ0) is 37.3. The van der Waals surface area contributed by atoms with E-state index in [1.807, 2.05) is 48.6 Å². The number of pyridine rings is 1. The molecule has 1 aromatic carbocycles. The van der Waals surface area contributed by atoms with Crippen molar-refractivity contribution < 1.29 is 9.00 Å². The van der Waals surface area contributed by atoms with Crippen molar-refractivity contribution in [3.63, 3.8) is 0 Å². The van der Waals surface area contributed by atoms with Crippen molar-refractivity contribution in [2.45, 2.75) is 31.4 Å². The zero-order valence-electron chi connectivity index (χ0n) is 29.0. The maximum absolute atomic E-state index is 13.0. The quantitative estimate of drug-likeness (QED) is 0.124. The summed E-state index contributed by atoms with van der Waals surface area (Å²) in [6.07, 6.45) is 3.59. The van der Waals surface area contributed by atoms with Crippen LogP contribution in [-0.4, -0.2) is 71.7 Å². The number of likely N-dealkylation sites (N-methyl/N-ethyl adjacent to an activating group) is 1. The van der Waals surface area contributed by atoms with Gasteiger partial charge in [0.15, 0.2) is 0 Å². The molecule has 4 rings (SSSR count). The molecule has 4 aromatic rings. The van der Waals surface area contributed by atoms with Gasteiger partial charge in [-0.3, -0.25) is 9.00 Å². The highest BCUT2D eigenvalue weighted by atomic mass is 32.2. The molecule has 1 atom stereocenters. The average Bonchev–Trinajstić information content (AvgIpc) is 3.78. The van der Waals surface area contributed by atoms with Crippen molar-refractivity contribution in [3.05, 3.63) is 120 Å². The first kappa shape index (κ1) is 45.7. The molecule has 0 aliphatic carbocycles. The van der Waals surface area contributed by atoms with Gasteiger partial charge in [-0.25, -0.2) is 9.97 Å². The van der Waals surface area contributed by atoms with E-state index >= 15 is 0 Å². The van der Waals surface area contributed by atoms with Gasteiger partial charge in [0, 0.05) is 48.4 Å². The Morgan fingerprint density at radius 1 is 1.06 bits per heavy atom. The number of amides is 1. The van der Waals surface area contributed by atoms with Crippen molar-refractivity contribution >= 4 is 62.0 Å². The molecule has 266 valence electrons. The number of carbonyl (C=O) groups is 1. The Hall–Kier alpha value is -5.27. The number of nitrogens with zero attached hydrogens (tertiary/aromatic N) is 4. The third-order valence-electron chi connectivity index (χ3n) is 5.97. The Kier molecular flexibility index (Phi) is 23.8. The lowest BCUT2D eigenvalue weighted by Gasteiger charge is -2.12. The van der Waals surface area contributed by atoms with Gasteiger partial charge in [0.2, 0.25) is 0 Å². The fraction of sp³-hybridized carbons (Fsp3) is 0.250. The Balaban J connectivity index is 0.00000132. The first-order chi connectivity index (χ1) is 24.1. The number of benzene rings is 1. The number of nitrogens with one attached hydrogen (secondary N) is 1. The Morgan fingerprint density at radius 2 is 1.67 bits per heavy atom. The Bertz CT molecular complexity index is 1970. The molecule has 0 bridgehead atoms. The van der Waals surface area contributed by atoms with Gasteiger partial charge in [-0.1, -0.05) is 55.8 Å². The van der Waals surface area contributed by atoms with E-state index in [1.54, 1.807) is 19.3 Å². The predicted octanol–water partition coefficient (Wildman–Crippen LogP) is 8.67. The van der Waals surface area contributed by atoms with E-state index in [-0.39, 0.29) is 13.3 Å². The number of nitrogen functional groups attached to an aromatic ring is 1. The molecule has 51 heavy (non-hydrogen) atoms. The highest BCUT2D eigenvalue weighted by molar-refractivity contribution is 7.87. The van der Waals surface area contributed by atoms with Crippen molar-refractivity contribution in [2.75, 3.05) is 45.7 Å². The third kappa shape index (κ3) is 15.9. The number of carbonyl (C=O) groups excluding carboxylic acids is 1. The summed E-state index contributed by atoms with van der Waals surface area (Å²) in [6.45, 7) is 19.4. The molecule has 0 fully saturated rings. The Morgan fingerprint density at radius 3 is 2.18 bits per heavy atom. The second kappa shape index (κ2) is 26.6. The lowest BCUT2D eigenvalue weighted by Crippen LogP contribution is -2.31. The van der Waals surface area contributed by atoms with Gasteiger partial charge in [-0.2, -0.15) is 0 Å². The van der Waals surface area contributed by atoms with Gasteiger partial charge in [0.05, 0.1) is 16.5 Å². The predicted molar refractivity (Wildman–Crippen MR) is 220 cm³/mol. The van der Waals surface area contributed by atoms with Gasteiger partial charge in [0.1, 0.15) is 19.7 Å². The van der Waals surface area contributed by atoms with Crippen molar-refractivity contribution in [1.29, 1.82) is 0 Å². The normalized spacial score (nSPS) is 9.51. The summed E-state index contributed by atoms with van der Waals surface area (Å²) in [5.41, 5.74) is 29.2. The van der Waals surface area contributed by atoms with E-state index in [0.717, 1.165) is 51.4 Å². The molecule has 1 unspecified atom stereocenters. The average molecular weight is 739 g/mol. The van der Waals surface area contributed by atoms with Crippen LogP contribution in [0.1, 0.15) is 37.6 Å². The zero-order valence-corrected chi connectivity index (χ0v) is 31.5. The summed E-state index contributed by atoms with van der Waals surface area (Å²) in [4.78, 5) is 28.0. The standard InChI is InChI=1S/C25H29N5O2S3.2C6H4.C2H5N.CH4/c1-4-5-13-35(32)25-21(26)20-18(15-19(29-24(20)34-25)23-28-10-12-33-23)16-7-6-8-17(14-16)22(31)27-9-11-30(2)3;2*1-3-5-6-4-2;1-3-2;/h6-8,10,12,14-15H,4-5,9,11,13,26H2,1-3H3,(H,27,31);2*1-2H2;1H2,2H3;1H4. The number of hydrogen-bond donors (Lipinski definition) is 2. The van der Waals surface area contributed by atoms with Crippen LogP contribution in [0.5, 0.6) is 0 Å². The minimum atomic E-state index is -1.18. The molecule has 3 N–H and O–H groups in total. The highest BCUT2D eigenvalue weighted by Crippen LogP contribution is 2.43. The maximum atomic E-state index is 13.0. The molecule has 8 nitrogen and oxygen atoms in total. The third-order valence-corrected chi connectivity index (χ3v) is 9.76. The maximum Gasteiger partial charge on any atom is 0.251 e. The van der Waals surface area contributed by atoms with Crippen LogP contribution in [0.4, 0.5) is 5.69 Å². The van der Waals surface area contributed by atoms with Crippen LogP contribution in [0.3, 0.4) is 0 Å². The van der Waals surface area contributed by atoms with E-state index in [0.29, 0.717) is 27.8 Å². The molecular weight excluding hydrogens is 693 g/mol. The summed E-state index contributed by atoms with van der Waals surface area (Å²) in [6, 6.07) is 9.47. The van der Waals surface area contributed by atoms with Gasteiger partial charge in [-0.15, -0.1) is 22.7 Å². The van der Waals surface area contributed by atoms with E-state index in [1.165, 1.54) is 22.7 Å². The first-order valence-electron chi connectivity index (χ1n) is 15.1. The lowest BCUT2D eigenvalue weighted by atomic mass is 9.99. The van der Waals surface area contributed by atoms with Gasteiger partial charge >= 0.3 is 0 Å². The minimum absolute atomic E-state index is 0. The van der Waals surface area contributed by atoms with Crippen LogP contribution >= 0.6 is 22.7 Å². The van der Waals surface area contributed by atoms with Gasteiger partial charge < -0.3 is 20.9 Å². The number of hydrogen-bond acceptors (Lipinski definition) is 9. The second-order valence-electron chi connectivity index (χ2n) is 9.94.